The minimum atomic E-state index is -4.39. The molecule has 2 unspecified atom stereocenters. The van der Waals surface area contributed by atoms with E-state index < -0.39 is 11.7 Å². The molecule has 40 heavy (non-hydrogen) atoms. The number of alkyl halides is 3. The van der Waals surface area contributed by atoms with Gasteiger partial charge in [0.1, 0.15) is 0 Å². The summed E-state index contributed by atoms with van der Waals surface area (Å²) in [5, 5.41) is 0. The van der Waals surface area contributed by atoms with Gasteiger partial charge in [0.05, 0.1) is 5.56 Å². The van der Waals surface area contributed by atoms with E-state index in [4.69, 9.17) is 0 Å². The summed E-state index contributed by atoms with van der Waals surface area (Å²) in [6.45, 7) is 13.1. The van der Waals surface area contributed by atoms with Gasteiger partial charge in [0.25, 0.3) is 0 Å². The SMILES string of the molecule is C.CC(C)(C)c1ccc(N2CC3CN(CCC(=O)N4CCC[C@H](Cc5cncc(C(F)(F)F)c5)C4)CC3C2)cc1. The Morgan fingerprint density at radius 3 is 2.25 bits per heavy atom. The van der Waals surface area contributed by atoms with Crippen LogP contribution in [0.5, 0.6) is 0 Å². The molecule has 3 aliphatic rings. The third-order valence-electron chi connectivity index (χ3n) is 8.82. The second kappa shape index (κ2) is 12.1. The number of pyridine rings is 1. The van der Waals surface area contributed by atoms with Crippen molar-refractivity contribution in [3.63, 3.8) is 0 Å². The highest BCUT2D eigenvalue weighted by Crippen LogP contribution is 2.35. The van der Waals surface area contributed by atoms with Gasteiger partial charge in [-0.05, 0) is 71.8 Å². The largest absolute Gasteiger partial charge is 0.417 e. The number of likely N-dealkylation sites (tertiary alicyclic amines) is 2. The predicted molar refractivity (Wildman–Crippen MR) is 154 cm³/mol. The number of halogens is 3. The van der Waals surface area contributed by atoms with Gasteiger partial charge in [-0.3, -0.25) is 9.78 Å². The number of nitrogens with zero attached hydrogens (tertiary/aromatic N) is 4. The van der Waals surface area contributed by atoms with Gasteiger partial charge in [-0.25, -0.2) is 0 Å². The maximum Gasteiger partial charge on any atom is 0.417 e. The average molecular weight is 559 g/mol. The van der Waals surface area contributed by atoms with E-state index in [-0.39, 0.29) is 24.7 Å². The van der Waals surface area contributed by atoms with E-state index in [0.29, 0.717) is 36.8 Å². The monoisotopic (exact) mass is 558 g/mol. The number of hydrogen-bond acceptors (Lipinski definition) is 4. The van der Waals surface area contributed by atoms with Gasteiger partial charge >= 0.3 is 6.18 Å². The number of benzene rings is 1. The van der Waals surface area contributed by atoms with E-state index in [1.807, 2.05) is 4.90 Å². The molecule has 1 amide bonds. The third kappa shape index (κ3) is 7.17. The van der Waals surface area contributed by atoms with Crippen LogP contribution in [-0.4, -0.2) is 66.5 Å². The third-order valence-corrected chi connectivity index (χ3v) is 8.82. The number of piperidine rings is 1. The van der Waals surface area contributed by atoms with Crippen LogP contribution >= 0.6 is 0 Å². The topological polar surface area (TPSA) is 39.7 Å². The van der Waals surface area contributed by atoms with Crippen LogP contribution in [0.3, 0.4) is 0 Å². The number of carbonyl (C=O) groups excluding carboxylic acids is 1. The Morgan fingerprint density at radius 1 is 0.950 bits per heavy atom. The summed E-state index contributed by atoms with van der Waals surface area (Å²) in [5.41, 5.74) is 2.70. The summed E-state index contributed by atoms with van der Waals surface area (Å²) in [4.78, 5) is 23.7. The molecular weight excluding hydrogens is 513 g/mol. The first-order valence-corrected chi connectivity index (χ1v) is 14.3. The number of amides is 1. The quantitative estimate of drug-likeness (QED) is 0.419. The molecule has 0 saturated carbocycles. The zero-order chi connectivity index (χ0) is 27.8. The molecule has 5 rings (SSSR count). The lowest BCUT2D eigenvalue weighted by atomic mass is 9.87. The Balaban J connectivity index is 0.00000370. The highest BCUT2D eigenvalue weighted by molar-refractivity contribution is 5.76. The van der Waals surface area contributed by atoms with E-state index in [9.17, 15) is 18.0 Å². The molecule has 8 heteroatoms. The van der Waals surface area contributed by atoms with Crippen molar-refractivity contribution < 1.29 is 18.0 Å². The summed E-state index contributed by atoms with van der Waals surface area (Å²) in [6.07, 6.45) is 0.841. The average Bonchev–Trinajstić information content (AvgIpc) is 3.46. The van der Waals surface area contributed by atoms with Crippen LogP contribution in [0.25, 0.3) is 0 Å². The van der Waals surface area contributed by atoms with Gasteiger partial charge in [0, 0.05) is 70.3 Å². The van der Waals surface area contributed by atoms with Gasteiger partial charge in [-0.2, -0.15) is 13.2 Å². The fraction of sp³-hybridized carbons (Fsp3) is 0.625. The van der Waals surface area contributed by atoms with Gasteiger partial charge in [-0.1, -0.05) is 40.3 Å². The van der Waals surface area contributed by atoms with E-state index in [0.717, 1.165) is 58.3 Å². The minimum absolute atomic E-state index is 0. The molecule has 220 valence electrons. The first-order valence-electron chi connectivity index (χ1n) is 14.3. The van der Waals surface area contributed by atoms with Crippen molar-refractivity contribution in [1.29, 1.82) is 0 Å². The molecule has 1 aromatic heterocycles. The standard InChI is InChI=1S/C31H41F3N4O.CH4/c1-30(2,3)26-6-8-28(9-7-26)38-20-24-18-36(19-25(24)21-38)12-10-29(39)37-11-4-5-22(17-37)13-23-14-27(16-35-15-23)31(32,33)34;/h6-9,14-16,22,24-25H,4-5,10-13,17-21H2,1-3H3;1H4/t22-,24?,25?;/m1./s1. The molecule has 1 aromatic carbocycles. The summed E-state index contributed by atoms with van der Waals surface area (Å²) in [7, 11) is 0. The maximum atomic E-state index is 13.0. The number of anilines is 1. The first kappa shape index (κ1) is 30.4. The number of hydrogen-bond donors (Lipinski definition) is 0. The fourth-order valence-electron chi connectivity index (χ4n) is 6.61. The molecule has 0 aliphatic carbocycles. The van der Waals surface area contributed by atoms with Crippen molar-refractivity contribution in [2.24, 2.45) is 17.8 Å². The summed E-state index contributed by atoms with van der Waals surface area (Å²) in [5.74, 6) is 1.62. The first-order chi connectivity index (χ1) is 18.5. The number of rotatable bonds is 6. The summed E-state index contributed by atoms with van der Waals surface area (Å²) in [6, 6.07) is 10.2. The van der Waals surface area contributed by atoms with Gasteiger partial charge in [-0.15, -0.1) is 0 Å². The van der Waals surface area contributed by atoms with E-state index in [1.54, 1.807) is 0 Å². The second-order valence-electron chi connectivity index (χ2n) is 12.9. The Bertz CT molecular complexity index is 1130. The number of aromatic nitrogens is 1. The molecule has 2 aromatic rings. The van der Waals surface area contributed by atoms with Crippen molar-refractivity contribution >= 4 is 11.6 Å². The van der Waals surface area contributed by atoms with Gasteiger partial charge < -0.3 is 14.7 Å². The second-order valence-corrected chi connectivity index (χ2v) is 12.9. The van der Waals surface area contributed by atoms with Gasteiger partial charge in [0.2, 0.25) is 5.91 Å². The zero-order valence-corrected chi connectivity index (χ0v) is 23.4. The highest BCUT2D eigenvalue weighted by Gasteiger charge is 2.40. The van der Waals surface area contributed by atoms with Crippen molar-refractivity contribution in [2.75, 3.05) is 50.7 Å². The van der Waals surface area contributed by atoms with Crippen LogP contribution in [0.1, 0.15) is 64.2 Å². The highest BCUT2D eigenvalue weighted by atomic mass is 19.4. The molecular formula is C32H45F3N4O. The van der Waals surface area contributed by atoms with Crippen LogP contribution in [-0.2, 0) is 22.8 Å². The molecule has 3 fully saturated rings. The Hall–Kier alpha value is -2.61. The van der Waals surface area contributed by atoms with Crippen LogP contribution in [0, 0.1) is 17.8 Å². The summed E-state index contributed by atoms with van der Waals surface area (Å²) < 4.78 is 39.1. The fourth-order valence-corrected chi connectivity index (χ4v) is 6.61. The van der Waals surface area contributed by atoms with Crippen molar-refractivity contribution in [1.82, 2.24) is 14.8 Å². The normalized spacial score (nSPS) is 23.7. The van der Waals surface area contributed by atoms with Crippen molar-refractivity contribution in [3.05, 3.63) is 59.4 Å². The lowest BCUT2D eigenvalue weighted by molar-refractivity contribution is -0.138. The molecule has 3 atom stereocenters. The smallest absolute Gasteiger partial charge is 0.371 e. The molecule has 5 nitrogen and oxygen atoms in total. The lowest BCUT2D eigenvalue weighted by Crippen LogP contribution is -2.42. The number of fused-ring (bicyclic) bond motifs is 1. The van der Waals surface area contributed by atoms with Crippen molar-refractivity contribution in [3.8, 4) is 0 Å². The molecule has 0 spiro atoms. The van der Waals surface area contributed by atoms with E-state index in [2.05, 4.69) is 59.8 Å². The number of carbonyl (C=O) groups is 1. The molecule has 0 radical (unpaired) electrons. The van der Waals surface area contributed by atoms with E-state index in [1.165, 1.54) is 23.5 Å². The van der Waals surface area contributed by atoms with Crippen LogP contribution in [0.4, 0.5) is 18.9 Å². The van der Waals surface area contributed by atoms with E-state index >= 15 is 0 Å². The van der Waals surface area contributed by atoms with Gasteiger partial charge in [0.15, 0.2) is 0 Å². The Kier molecular flexibility index (Phi) is 9.18. The Morgan fingerprint density at radius 2 is 1.62 bits per heavy atom. The molecule has 3 saturated heterocycles. The van der Waals surface area contributed by atoms with Crippen LogP contribution in [0.15, 0.2) is 42.7 Å². The maximum absolute atomic E-state index is 13.0. The Labute approximate surface area is 237 Å². The lowest BCUT2D eigenvalue weighted by Gasteiger charge is -2.33. The van der Waals surface area contributed by atoms with Crippen LogP contribution < -0.4 is 4.90 Å². The van der Waals surface area contributed by atoms with Crippen LogP contribution in [0.2, 0.25) is 0 Å². The van der Waals surface area contributed by atoms with Crippen molar-refractivity contribution in [2.45, 2.75) is 65.5 Å². The minimum Gasteiger partial charge on any atom is -0.371 e. The molecule has 0 bridgehead atoms. The molecule has 3 aliphatic heterocycles. The predicted octanol–water partition coefficient (Wildman–Crippen LogP) is 6.27. The zero-order valence-electron chi connectivity index (χ0n) is 23.4. The molecule has 4 heterocycles. The summed E-state index contributed by atoms with van der Waals surface area (Å²) >= 11 is 0. The molecule has 0 N–H and O–H groups in total.